The minimum Gasteiger partial charge on any atom is -0.327 e. The van der Waals surface area contributed by atoms with Crippen LogP contribution in [-0.4, -0.2) is 24.8 Å². The summed E-state index contributed by atoms with van der Waals surface area (Å²) in [5, 5.41) is 0. The van der Waals surface area contributed by atoms with Gasteiger partial charge in [0, 0.05) is 6.42 Å². The summed E-state index contributed by atoms with van der Waals surface area (Å²) in [4.78, 5) is 0. The Bertz CT molecular complexity index is 248. The van der Waals surface area contributed by atoms with Crippen LogP contribution >= 0.6 is 0 Å². The highest BCUT2D eigenvalue weighted by Crippen LogP contribution is 2.37. The number of rotatable bonds is 4. The van der Waals surface area contributed by atoms with Gasteiger partial charge in [0.1, 0.15) is 0 Å². The Balaban J connectivity index is 1.58. The molecule has 0 bridgehead atoms. The molecule has 1 aliphatic heterocycles. The van der Waals surface area contributed by atoms with Crippen molar-refractivity contribution >= 4 is 0 Å². The monoisotopic (exact) mass is 254 g/mol. The molecule has 0 amide bonds. The molecule has 3 rings (SSSR count). The van der Waals surface area contributed by atoms with E-state index in [2.05, 4.69) is 0 Å². The minimum absolute atomic E-state index is 0.359. The molecule has 18 heavy (non-hydrogen) atoms. The first-order valence-electron chi connectivity index (χ1n) is 7.86. The molecule has 3 heteroatoms. The molecule has 104 valence electrons. The van der Waals surface area contributed by atoms with Crippen molar-refractivity contribution in [2.75, 3.05) is 6.61 Å². The van der Waals surface area contributed by atoms with Crippen LogP contribution in [0.3, 0.4) is 0 Å². The highest BCUT2D eigenvalue weighted by Gasteiger charge is 2.42. The first-order valence-corrected chi connectivity index (χ1v) is 7.86. The van der Waals surface area contributed by atoms with E-state index in [1.807, 2.05) is 0 Å². The normalized spacial score (nSPS) is 35.3. The van der Waals surface area contributed by atoms with Crippen molar-refractivity contribution in [3.8, 4) is 0 Å². The van der Waals surface area contributed by atoms with Gasteiger partial charge < -0.3 is 14.2 Å². The Labute approximate surface area is 110 Å². The minimum atomic E-state index is -0.684. The van der Waals surface area contributed by atoms with E-state index in [1.165, 1.54) is 57.8 Å². The van der Waals surface area contributed by atoms with Crippen LogP contribution in [0.15, 0.2) is 0 Å². The molecular weight excluding hydrogens is 228 g/mol. The molecule has 1 atom stereocenters. The van der Waals surface area contributed by atoms with E-state index in [9.17, 15) is 0 Å². The highest BCUT2D eigenvalue weighted by atomic mass is 16.9. The Kier molecular flexibility index (Phi) is 4.22. The van der Waals surface area contributed by atoms with Crippen LogP contribution in [0.4, 0.5) is 0 Å². The Morgan fingerprint density at radius 1 is 0.722 bits per heavy atom. The van der Waals surface area contributed by atoms with Crippen LogP contribution in [0.25, 0.3) is 0 Å². The van der Waals surface area contributed by atoms with Crippen LogP contribution in [0.5, 0.6) is 0 Å². The van der Waals surface area contributed by atoms with Gasteiger partial charge in [-0.2, -0.15) is 0 Å². The summed E-state index contributed by atoms with van der Waals surface area (Å²) in [5.41, 5.74) is 0. The van der Waals surface area contributed by atoms with E-state index >= 15 is 0 Å². The Hall–Kier alpha value is -0.120. The molecule has 2 saturated carbocycles. The van der Waals surface area contributed by atoms with E-state index in [0.717, 1.165) is 19.4 Å². The van der Waals surface area contributed by atoms with Crippen molar-refractivity contribution in [3.63, 3.8) is 0 Å². The third-order valence-electron chi connectivity index (χ3n) is 4.50. The van der Waals surface area contributed by atoms with Gasteiger partial charge in [0.15, 0.2) is 0 Å². The van der Waals surface area contributed by atoms with Crippen molar-refractivity contribution < 1.29 is 14.2 Å². The standard InChI is InChI=1S/C15H26O3/c1-2-7-13(8-3-1)17-15(11-6-12-16-15)18-14-9-4-5-10-14/h13-14H,1-12H2. The third kappa shape index (κ3) is 3.06. The van der Waals surface area contributed by atoms with Gasteiger partial charge in [-0.25, -0.2) is 0 Å². The van der Waals surface area contributed by atoms with Gasteiger partial charge in [-0.1, -0.05) is 32.1 Å². The van der Waals surface area contributed by atoms with E-state index in [1.54, 1.807) is 0 Å². The van der Waals surface area contributed by atoms with E-state index in [0.29, 0.717) is 12.2 Å². The van der Waals surface area contributed by atoms with Crippen molar-refractivity contribution in [1.29, 1.82) is 0 Å². The van der Waals surface area contributed by atoms with E-state index in [4.69, 9.17) is 14.2 Å². The molecule has 1 heterocycles. The average Bonchev–Trinajstić information content (AvgIpc) is 3.03. The van der Waals surface area contributed by atoms with Gasteiger partial charge in [-0.05, 0) is 32.1 Å². The summed E-state index contributed by atoms with van der Waals surface area (Å²) in [7, 11) is 0. The number of hydrogen-bond acceptors (Lipinski definition) is 3. The van der Waals surface area contributed by atoms with Crippen LogP contribution in [-0.2, 0) is 14.2 Å². The molecule has 1 saturated heterocycles. The molecule has 0 spiro atoms. The summed E-state index contributed by atoms with van der Waals surface area (Å²) in [6, 6.07) is 0. The second-order valence-corrected chi connectivity index (χ2v) is 6.04. The predicted octanol–water partition coefficient (Wildman–Crippen LogP) is 3.76. The maximum Gasteiger partial charge on any atom is 0.283 e. The highest BCUT2D eigenvalue weighted by molar-refractivity contribution is 4.76. The van der Waals surface area contributed by atoms with Crippen LogP contribution < -0.4 is 0 Å². The predicted molar refractivity (Wildman–Crippen MR) is 69.2 cm³/mol. The van der Waals surface area contributed by atoms with E-state index < -0.39 is 5.97 Å². The maximum atomic E-state index is 6.26. The van der Waals surface area contributed by atoms with E-state index in [-0.39, 0.29) is 0 Å². The van der Waals surface area contributed by atoms with Gasteiger partial charge in [0.05, 0.1) is 18.8 Å². The molecule has 1 unspecified atom stereocenters. The quantitative estimate of drug-likeness (QED) is 0.715. The molecule has 0 N–H and O–H groups in total. The fraction of sp³-hybridized carbons (Fsp3) is 1.00. The molecule has 0 aromatic rings. The summed E-state index contributed by atoms with van der Waals surface area (Å²) < 4.78 is 18.3. The zero-order chi connectivity index (χ0) is 12.3. The van der Waals surface area contributed by atoms with Gasteiger partial charge in [0.25, 0.3) is 5.97 Å². The van der Waals surface area contributed by atoms with Crippen LogP contribution in [0, 0.1) is 0 Å². The van der Waals surface area contributed by atoms with Crippen molar-refractivity contribution in [2.45, 2.75) is 88.8 Å². The molecular formula is C15H26O3. The average molecular weight is 254 g/mol. The molecule has 0 aromatic heterocycles. The van der Waals surface area contributed by atoms with Gasteiger partial charge in [-0.3, -0.25) is 0 Å². The van der Waals surface area contributed by atoms with Crippen molar-refractivity contribution in [3.05, 3.63) is 0 Å². The molecule has 2 aliphatic carbocycles. The summed E-state index contributed by atoms with van der Waals surface area (Å²) in [6.07, 6.45) is 14.0. The zero-order valence-corrected chi connectivity index (χ0v) is 11.4. The molecule has 0 aromatic carbocycles. The Morgan fingerprint density at radius 2 is 1.28 bits per heavy atom. The maximum absolute atomic E-state index is 6.26. The summed E-state index contributed by atoms with van der Waals surface area (Å²) in [5.74, 6) is -0.684. The van der Waals surface area contributed by atoms with Crippen molar-refractivity contribution in [2.24, 2.45) is 0 Å². The lowest BCUT2D eigenvalue weighted by Gasteiger charge is -2.36. The van der Waals surface area contributed by atoms with Gasteiger partial charge in [-0.15, -0.1) is 0 Å². The topological polar surface area (TPSA) is 27.7 Å². The van der Waals surface area contributed by atoms with Crippen LogP contribution in [0.2, 0.25) is 0 Å². The first-order chi connectivity index (χ1) is 8.86. The second kappa shape index (κ2) is 5.89. The number of hydrogen-bond donors (Lipinski definition) is 0. The lowest BCUT2D eigenvalue weighted by atomic mass is 9.98. The lowest BCUT2D eigenvalue weighted by Crippen LogP contribution is -2.42. The van der Waals surface area contributed by atoms with Gasteiger partial charge >= 0.3 is 0 Å². The van der Waals surface area contributed by atoms with Crippen LogP contribution in [0.1, 0.15) is 70.6 Å². The molecule has 3 fully saturated rings. The fourth-order valence-electron chi connectivity index (χ4n) is 3.50. The molecule has 0 radical (unpaired) electrons. The van der Waals surface area contributed by atoms with Crippen molar-refractivity contribution in [1.82, 2.24) is 0 Å². The lowest BCUT2D eigenvalue weighted by molar-refractivity contribution is -0.389. The molecule has 3 aliphatic rings. The summed E-state index contributed by atoms with van der Waals surface area (Å²) >= 11 is 0. The van der Waals surface area contributed by atoms with Gasteiger partial charge in [0.2, 0.25) is 0 Å². The fourth-order valence-corrected chi connectivity index (χ4v) is 3.50. The Morgan fingerprint density at radius 3 is 1.78 bits per heavy atom. The largest absolute Gasteiger partial charge is 0.327 e. The zero-order valence-electron chi connectivity index (χ0n) is 11.4. The number of ether oxygens (including phenoxy) is 3. The smallest absolute Gasteiger partial charge is 0.283 e. The first kappa shape index (κ1) is 12.9. The summed E-state index contributed by atoms with van der Waals surface area (Å²) in [6.45, 7) is 0.791. The SMILES string of the molecule is C1CCC(OC2(OC3CCCC3)CCCO2)CC1. The third-order valence-corrected chi connectivity index (χ3v) is 4.50. The second-order valence-electron chi connectivity index (χ2n) is 6.04. The molecule has 3 nitrogen and oxygen atoms in total.